The lowest BCUT2D eigenvalue weighted by atomic mass is 10.1. The molecule has 1 rings (SSSR count). The van der Waals surface area contributed by atoms with Crippen LogP contribution in [0.2, 0.25) is 0 Å². The number of hydrogen-bond acceptors (Lipinski definition) is 5. The van der Waals surface area contributed by atoms with E-state index in [-0.39, 0.29) is 22.8 Å². The second-order valence-electron chi connectivity index (χ2n) is 3.82. The fourth-order valence-corrected chi connectivity index (χ4v) is 1.47. The average Bonchev–Trinajstić information content (AvgIpc) is 2.49. The summed E-state index contributed by atoms with van der Waals surface area (Å²) < 4.78 is 51.1. The Morgan fingerprint density at radius 2 is 1.45 bits per heavy atom. The van der Waals surface area contributed by atoms with Gasteiger partial charge in [-0.25, -0.2) is 0 Å². The largest absolute Gasteiger partial charge is 0.493 e. The quantitative estimate of drug-likeness (QED) is 0.809. The molecule has 0 radical (unpaired) electrons. The number of ether oxygens (including phenoxy) is 3. The number of halogens is 3. The van der Waals surface area contributed by atoms with E-state index in [9.17, 15) is 22.8 Å². The summed E-state index contributed by atoms with van der Waals surface area (Å²) >= 11 is 0. The fourth-order valence-electron chi connectivity index (χ4n) is 1.47. The number of carbonyl (C=O) groups excluding carboxylic acids is 2. The van der Waals surface area contributed by atoms with Crippen molar-refractivity contribution in [3.63, 3.8) is 0 Å². The van der Waals surface area contributed by atoms with Gasteiger partial charge in [0.2, 0.25) is 5.75 Å². The first-order chi connectivity index (χ1) is 10.2. The van der Waals surface area contributed by atoms with Crippen LogP contribution in [0.4, 0.5) is 13.2 Å². The summed E-state index contributed by atoms with van der Waals surface area (Å²) in [4.78, 5) is 22.4. The van der Waals surface area contributed by atoms with Gasteiger partial charge < -0.3 is 14.2 Å². The molecule has 0 atom stereocenters. The lowest BCUT2D eigenvalue weighted by Gasteiger charge is -2.14. The highest BCUT2D eigenvalue weighted by molar-refractivity contribution is 5.97. The minimum absolute atomic E-state index is 0.100. The van der Waals surface area contributed by atoms with E-state index >= 15 is 0 Å². The SMILES string of the molecule is COc1cc(C(=O)NNC(=O)C(F)(F)F)cc(OC)c1OC. The molecule has 0 spiro atoms. The normalized spacial score (nSPS) is 10.6. The Morgan fingerprint density at radius 3 is 1.82 bits per heavy atom. The van der Waals surface area contributed by atoms with Crippen LogP contribution in [0.25, 0.3) is 0 Å². The Hall–Kier alpha value is -2.65. The monoisotopic (exact) mass is 322 g/mol. The van der Waals surface area contributed by atoms with Crippen LogP contribution in [0.5, 0.6) is 17.2 Å². The zero-order chi connectivity index (χ0) is 16.9. The summed E-state index contributed by atoms with van der Waals surface area (Å²) in [7, 11) is 3.97. The van der Waals surface area contributed by atoms with Crippen LogP contribution >= 0.6 is 0 Å². The second kappa shape index (κ2) is 6.87. The molecular formula is C12H13F3N2O5. The van der Waals surface area contributed by atoms with E-state index in [4.69, 9.17) is 14.2 Å². The topological polar surface area (TPSA) is 85.9 Å². The van der Waals surface area contributed by atoms with Crippen LogP contribution in [0.15, 0.2) is 12.1 Å². The number of hydrogen-bond donors (Lipinski definition) is 2. The van der Waals surface area contributed by atoms with Crippen molar-refractivity contribution in [2.75, 3.05) is 21.3 Å². The molecule has 2 N–H and O–H groups in total. The zero-order valence-electron chi connectivity index (χ0n) is 11.8. The molecule has 0 unspecified atom stereocenters. The van der Waals surface area contributed by atoms with E-state index in [1.807, 2.05) is 0 Å². The highest BCUT2D eigenvalue weighted by atomic mass is 19.4. The van der Waals surface area contributed by atoms with Gasteiger partial charge in [0.15, 0.2) is 11.5 Å². The van der Waals surface area contributed by atoms with E-state index in [1.165, 1.54) is 38.9 Å². The van der Waals surface area contributed by atoms with E-state index < -0.39 is 18.0 Å². The predicted octanol–water partition coefficient (Wildman–Crippen LogP) is 1.04. The van der Waals surface area contributed by atoms with Gasteiger partial charge in [-0.3, -0.25) is 20.4 Å². The summed E-state index contributed by atoms with van der Waals surface area (Å²) in [5.41, 5.74) is 2.78. The van der Waals surface area contributed by atoms with Gasteiger partial charge in [0.1, 0.15) is 0 Å². The van der Waals surface area contributed by atoms with Crippen LogP contribution in [0, 0.1) is 0 Å². The lowest BCUT2D eigenvalue weighted by Crippen LogP contribution is -2.47. The maximum atomic E-state index is 12.0. The van der Waals surface area contributed by atoms with Gasteiger partial charge in [-0.1, -0.05) is 0 Å². The van der Waals surface area contributed by atoms with Crippen molar-refractivity contribution in [2.45, 2.75) is 6.18 Å². The Labute approximate surface area is 123 Å². The summed E-state index contributed by atoms with van der Waals surface area (Å²) in [5.74, 6) is -2.81. The Morgan fingerprint density at radius 1 is 0.955 bits per heavy atom. The predicted molar refractivity (Wildman–Crippen MR) is 67.8 cm³/mol. The van der Waals surface area contributed by atoms with Gasteiger partial charge in [-0.05, 0) is 12.1 Å². The van der Waals surface area contributed by atoms with Crippen molar-refractivity contribution in [1.82, 2.24) is 10.9 Å². The van der Waals surface area contributed by atoms with Crippen molar-refractivity contribution < 1.29 is 37.0 Å². The van der Waals surface area contributed by atoms with Crippen LogP contribution < -0.4 is 25.1 Å². The molecule has 1 aromatic carbocycles. The first kappa shape index (κ1) is 17.4. The maximum absolute atomic E-state index is 12.0. The molecule has 0 aliphatic heterocycles. The first-order valence-corrected chi connectivity index (χ1v) is 5.72. The number of amides is 2. The molecule has 0 heterocycles. The molecule has 0 bridgehead atoms. The Bertz CT molecular complexity index is 549. The summed E-state index contributed by atoms with van der Waals surface area (Å²) in [6.07, 6.45) is -5.11. The number of hydrazine groups is 1. The summed E-state index contributed by atoms with van der Waals surface area (Å²) in [5, 5.41) is 0. The van der Waals surface area contributed by atoms with E-state index in [2.05, 4.69) is 0 Å². The molecule has 10 heteroatoms. The first-order valence-electron chi connectivity index (χ1n) is 5.72. The lowest BCUT2D eigenvalue weighted by molar-refractivity contribution is -0.174. The summed E-state index contributed by atoms with van der Waals surface area (Å²) in [6, 6.07) is 2.44. The molecule has 122 valence electrons. The number of alkyl halides is 3. The maximum Gasteiger partial charge on any atom is 0.472 e. The molecule has 0 aliphatic carbocycles. The smallest absolute Gasteiger partial charge is 0.472 e. The molecule has 0 saturated carbocycles. The Kier molecular flexibility index (Phi) is 5.44. The van der Waals surface area contributed by atoms with E-state index in [1.54, 1.807) is 5.43 Å². The van der Waals surface area contributed by atoms with Crippen LogP contribution in [-0.2, 0) is 4.79 Å². The number of carbonyl (C=O) groups is 2. The van der Waals surface area contributed by atoms with Gasteiger partial charge in [0, 0.05) is 5.56 Å². The van der Waals surface area contributed by atoms with Gasteiger partial charge in [-0.15, -0.1) is 0 Å². The van der Waals surface area contributed by atoms with Crippen molar-refractivity contribution >= 4 is 11.8 Å². The van der Waals surface area contributed by atoms with Crippen LogP contribution in [-0.4, -0.2) is 39.3 Å². The van der Waals surface area contributed by atoms with Gasteiger partial charge in [0.05, 0.1) is 21.3 Å². The van der Waals surface area contributed by atoms with Crippen molar-refractivity contribution in [1.29, 1.82) is 0 Å². The van der Waals surface area contributed by atoms with Crippen LogP contribution in [0.1, 0.15) is 10.4 Å². The molecule has 7 nitrogen and oxygen atoms in total. The van der Waals surface area contributed by atoms with Crippen LogP contribution in [0.3, 0.4) is 0 Å². The number of methoxy groups -OCH3 is 3. The molecule has 0 aromatic heterocycles. The van der Waals surface area contributed by atoms with Gasteiger partial charge >= 0.3 is 12.1 Å². The minimum atomic E-state index is -5.11. The van der Waals surface area contributed by atoms with Crippen molar-refractivity contribution in [3.8, 4) is 17.2 Å². The highest BCUT2D eigenvalue weighted by Crippen LogP contribution is 2.38. The number of nitrogens with one attached hydrogen (secondary N) is 2. The molecule has 0 aliphatic rings. The second-order valence-corrected chi connectivity index (χ2v) is 3.82. The van der Waals surface area contributed by atoms with Crippen molar-refractivity contribution in [3.05, 3.63) is 17.7 Å². The molecule has 1 aromatic rings. The fraction of sp³-hybridized carbons (Fsp3) is 0.333. The molecular weight excluding hydrogens is 309 g/mol. The molecule has 0 saturated heterocycles. The zero-order valence-corrected chi connectivity index (χ0v) is 11.8. The number of benzene rings is 1. The summed E-state index contributed by atoms with van der Waals surface area (Å²) in [6.45, 7) is 0. The van der Waals surface area contributed by atoms with Gasteiger partial charge in [-0.2, -0.15) is 13.2 Å². The third-order valence-electron chi connectivity index (χ3n) is 2.47. The van der Waals surface area contributed by atoms with E-state index in [0.29, 0.717) is 0 Å². The standard InChI is InChI=1S/C12H13F3N2O5/c1-20-7-4-6(5-8(21-2)9(7)22-3)10(18)16-17-11(19)12(13,14)15/h4-5H,1-3H3,(H,16,18)(H,17,19). The third-order valence-corrected chi connectivity index (χ3v) is 2.47. The third kappa shape index (κ3) is 3.93. The van der Waals surface area contributed by atoms with E-state index in [0.717, 1.165) is 0 Å². The highest BCUT2D eigenvalue weighted by Gasteiger charge is 2.39. The number of rotatable bonds is 4. The molecule has 2 amide bonds. The molecule has 22 heavy (non-hydrogen) atoms. The average molecular weight is 322 g/mol. The molecule has 0 fully saturated rings. The minimum Gasteiger partial charge on any atom is -0.493 e. The Balaban J connectivity index is 2.97. The van der Waals surface area contributed by atoms with Gasteiger partial charge in [0.25, 0.3) is 5.91 Å². The van der Waals surface area contributed by atoms with Crippen molar-refractivity contribution in [2.24, 2.45) is 0 Å².